The second-order valence-corrected chi connectivity index (χ2v) is 7.38. The number of rotatable bonds is 5. The minimum absolute atomic E-state index is 0.0772. The molecule has 6 nitrogen and oxygen atoms in total. The third-order valence-electron chi connectivity index (χ3n) is 5.25. The van der Waals surface area contributed by atoms with Gasteiger partial charge in [-0.1, -0.05) is 13.3 Å². The molecule has 1 saturated carbocycles. The van der Waals surface area contributed by atoms with E-state index in [2.05, 4.69) is 41.3 Å². The number of piperazine rings is 1. The average Bonchev–Trinajstić information content (AvgIpc) is 2.83. The van der Waals surface area contributed by atoms with E-state index in [1.165, 1.54) is 0 Å². The maximum atomic E-state index is 12.2. The molecule has 22 heavy (non-hydrogen) atoms. The van der Waals surface area contributed by atoms with Crippen molar-refractivity contribution in [2.75, 3.05) is 46.4 Å². The van der Waals surface area contributed by atoms with Gasteiger partial charge in [0.25, 0.3) is 0 Å². The highest BCUT2D eigenvalue weighted by Crippen LogP contribution is 2.37. The van der Waals surface area contributed by atoms with Crippen LogP contribution >= 0.6 is 0 Å². The summed E-state index contributed by atoms with van der Waals surface area (Å²) in [5.74, 6) is 0. The maximum Gasteiger partial charge on any atom is 0.315 e. The smallest absolute Gasteiger partial charge is 0.315 e. The monoisotopic (exact) mass is 312 g/mol. The molecule has 1 saturated heterocycles. The Hall–Kier alpha value is -0.850. The zero-order valence-corrected chi connectivity index (χ0v) is 14.3. The molecule has 3 atom stereocenters. The number of aliphatic hydroxyl groups is 1. The lowest BCUT2D eigenvalue weighted by atomic mass is 9.86. The number of hydrogen-bond acceptors (Lipinski definition) is 4. The lowest BCUT2D eigenvalue weighted by Crippen LogP contribution is -2.54. The topological polar surface area (TPSA) is 67.8 Å². The fourth-order valence-corrected chi connectivity index (χ4v) is 3.56. The molecule has 2 amide bonds. The van der Waals surface area contributed by atoms with Crippen LogP contribution in [-0.4, -0.2) is 79.4 Å². The van der Waals surface area contributed by atoms with Crippen LogP contribution in [0.4, 0.5) is 4.79 Å². The van der Waals surface area contributed by atoms with Crippen LogP contribution in [0.25, 0.3) is 0 Å². The van der Waals surface area contributed by atoms with E-state index in [0.717, 1.165) is 52.0 Å². The van der Waals surface area contributed by atoms with Crippen LogP contribution in [0.15, 0.2) is 0 Å². The first-order chi connectivity index (χ1) is 10.4. The van der Waals surface area contributed by atoms with Gasteiger partial charge in [-0.25, -0.2) is 4.79 Å². The quantitative estimate of drug-likeness (QED) is 0.690. The van der Waals surface area contributed by atoms with Crippen molar-refractivity contribution in [2.24, 2.45) is 5.41 Å². The van der Waals surface area contributed by atoms with Gasteiger partial charge in [0.1, 0.15) is 0 Å². The summed E-state index contributed by atoms with van der Waals surface area (Å²) in [5, 5.41) is 15.6. The Bertz CT molecular complexity index is 371. The summed E-state index contributed by atoms with van der Waals surface area (Å²) in [6.07, 6.45) is 3.00. The highest BCUT2D eigenvalue weighted by molar-refractivity contribution is 5.74. The molecule has 3 unspecified atom stereocenters. The molecule has 0 aromatic rings. The third kappa shape index (κ3) is 4.57. The van der Waals surface area contributed by atoms with E-state index >= 15 is 0 Å². The first kappa shape index (κ1) is 17.5. The summed E-state index contributed by atoms with van der Waals surface area (Å²) in [6, 6.07) is 0.103. The van der Waals surface area contributed by atoms with E-state index in [4.69, 9.17) is 0 Å². The van der Waals surface area contributed by atoms with E-state index in [-0.39, 0.29) is 30.1 Å². The van der Waals surface area contributed by atoms with Gasteiger partial charge >= 0.3 is 6.03 Å². The van der Waals surface area contributed by atoms with E-state index in [1.807, 2.05) is 0 Å². The standard InChI is InChI=1S/C16H32N4O2/c1-13(11-20-9-7-19(3)8-10-20)17-15(22)18-14-5-4-6-16(14,2)12-21/h13-14,21H,4-12H2,1-3H3,(H2,17,18,22). The molecular weight excluding hydrogens is 280 g/mol. The second-order valence-electron chi connectivity index (χ2n) is 7.38. The van der Waals surface area contributed by atoms with Crippen molar-refractivity contribution in [2.45, 2.75) is 45.2 Å². The molecule has 2 aliphatic rings. The number of carbonyl (C=O) groups excluding carboxylic acids is 1. The van der Waals surface area contributed by atoms with Crippen molar-refractivity contribution in [3.05, 3.63) is 0 Å². The fourth-order valence-electron chi connectivity index (χ4n) is 3.56. The number of amides is 2. The summed E-state index contributed by atoms with van der Waals surface area (Å²) in [7, 11) is 2.15. The average molecular weight is 312 g/mol. The molecule has 3 N–H and O–H groups in total. The second kappa shape index (κ2) is 7.62. The first-order valence-corrected chi connectivity index (χ1v) is 8.52. The van der Waals surface area contributed by atoms with Crippen LogP contribution in [-0.2, 0) is 0 Å². The molecule has 0 spiro atoms. The Kier molecular flexibility index (Phi) is 6.06. The van der Waals surface area contributed by atoms with Crippen LogP contribution in [0, 0.1) is 5.41 Å². The number of aliphatic hydroxyl groups excluding tert-OH is 1. The summed E-state index contributed by atoms with van der Waals surface area (Å²) in [6.45, 7) is 9.45. The molecule has 2 fully saturated rings. The van der Waals surface area contributed by atoms with Gasteiger partial charge in [-0.15, -0.1) is 0 Å². The molecule has 0 bridgehead atoms. The van der Waals surface area contributed by atoms with Crippen LogP contribution in [0.2, 0.25) is 0 Å². The summed E-state index contributed by atoms with van der Waals surface area (Å²) in [4.78, 5) is 16.9. The third-order valence-corrected chi connectivity index (χ3v) is 5.25. The van der Waals surface area contributed by atoms with Crippen LogP contribution in [0.5, 0.6) is 0 Å². The molecule has 128 valence electrons. The van der Waals surface area contributed by atoms with Gasteiger partial charge in [-0.05, 0) is 26.8 Å². The van der Waals surface area contributed by atoms with E-state index in [9.17, 15) is 9.90 Å². The predicted molar refractivity (Wildman–Crippen MR) is 87.9 cm³/mol. The zero-order chi connectivity index (χ0) is 16.2. The Labute approximate surface area is 134 Å². The van der Waals surface area contributed by atoms with Crippen molar-refractivity contribution in [1.82, 2.24) is 20.4 Å². The van der Waals surface area contributed by atoms with Crippen LogP contribution < -0.4 is 10.6 Å². The maximum absolute atomic E-state index is 12.2. The lowest BCUT2D eigenvalue weighted by Gasteiger charge is -2.34. The zero-order valence-electron chi connectivity index (χ0n) is 14.3. The van der Waals surface area contributed by atoms with Crippen molar-refractivity contribution in [1.29, 1.82) is 0 Å². The normalized spacial score (nSPS) is 31.9. The number of urea groups is 1. The number of likely N-dealkylation sites (N-methyl/N-ethyl adjacent to an activating group) is 1. The molecule has 6 heteroatoms. The van der Waals surface area contributed by atoms with E-state index < -0.39 is 0 Å². The van der Waals surface area contributed by atoms with Crippen LogP contribution in [0.1, 0.15) is 33.1 Å². The number of carbonyl (C=O) groups is 1. The fraction of sp³-hybridized carbons (Fsp3) is 0.938. The number of nitrogens with zero attached hydrogens (tertiary/aromatic N) is 2. The van der Waals surface area contributed by atoms with Gasteiger partial charge in [-0.2, -0.15) is 0 Å². The van der Waals surface area contributed by atoms with Crippen molar-refractivity contribution in [3.63, 3.8) is 0 Å². The van der Waals surface area contributed by atoms with Gasteiger partial charge in [-0.3, -0.25) is 4.90 Å². The minimum atomic E-state index is -0.169. The molecule has 1 aliphatic carbocycles. The summed E-state index contributed by atoms with van der Waals surface area (Å²) >= 11 is 0. The van der Waals surface area contributed by atoms with Gasteiger partial charge in [0.05, 0.1) is 6.61 Å². The molecule has 1 aliphatic heterocycles. The predicted octanol–water partition coefficient (Wildman–Crippen LogP) is 0.473. The van der Waals surface area contributed by atoms with E-state index in [1.54, 1.807) is 0 Å². The number of hydrogen-bond donors (Lipinski definition) is 3. The molecule has 2 rings (SSSR count). The Morgan fingerprint density at radius 2 is 2.05 bits per heavy atom. The van der Waals surface area contributed by atoms with Gasteiger partial charge in [0.15, 0.2) is 0 Å². The molecule has 1 heterocycles. The minimum Gasteiger partial charge on any atom is -0.396 e. The van der Waals surface area contributed by atoms with Crippen molar-refractivity contribution < 1.29 is 9.90 Å². The van der Waals surface area contributed by atoms with Crippen molar-refractivity contribution in [3.8, 4) is 0 Å². The molecule has 0 radical (unpaired) electrons. The van der Waals surface area contributed by atoms with Gasteiger partial charge < -0.3 is 20.6 Å². The number of nitrogens with one attached hydrogen (secondary N) is 2. The van der Waals surface area contributed by atoms with Gasteiger partial charge in [0.2, 0.25) is 0 Å². The Morgan fingerprint density at radius 3 is 2.68 bits per heavy atom. The van der Waals surface area contributed by atoms with Crippen LogP contribution in [0.3, 0.4) is 0 Å². The van der Waals surface area contributed by atoms with E-state index in [0.29, 0.717) is 0 Å². The molecular formula is C16H32N4O2. The molecule has 0 aromatic carbocycles. The first-order valence-electron chi connectivity index (χ1n) is 8.52. The summed E-state index contributed by atoms with van der Waals surface area (Å²) in [5.41, 5.74) is -0.169. The summed E-state index contributed by atoms with van der Waals surface area (Å²) < 4.78 is 0. The Balaban J connectivity index is 1.72. The molecule has 0 aromatic heterocycles. The largest absolute Gasteiger partial charge is 0.396 e. The highest BCUT2D eigenvalue weighted by atomic mass is 16.3. The lowest BCUT2D eigenvalue weighted by molar-refractivity contribution is 0.119. The highest BCUT2D eigenvalue weighted by Gasteiger charge is 2.39. The van der Waals surface area contributed by atoms with Gasteiger partial charge in [0, 0.05) is 50.2 Å². The van der Waals surface area contributed by atoms with Crippen molar-refractivity contribution >= 4 is 6.03 Å². The SMILES string of the molecule is CC(CN1CCN(C)CC1)NC(=O)NC1CCCC1(C)CO. The Morgan fingerprint density at radius 1 is 1.36 bits per heavy atom.